The minimum atomic E-state index is -0.988. The van der Waals surface area contributed by atoms with Crippen molar-refractivity contribution in [2.24, 2.45) is 5.41 Å². The Labute approximate surface area is 360 Å². The Kier molecular flexibility index (Phi) is 11.0. The van der Waals surface area contributed by atoms with E-state index < -0.39 is 29.7 Å². The monoisotopic (exact) mass is 846 g/mol. The van der Waals surface area contributed by atoms with Gasteiger partial charge in [-0.25, -0.2) is 0 Å². The third-order valence-corrected chi connectivity index (χ3v) is 14.6. The number of amides is 5. The lowest BCUT2D eigenvalue weighted by Crippen LogP contribution is -2.56. The summed E-state index contributed by atoms with van der Waals surface area (Å²) in [6.45, 7) is 9.17. The Morgan fingerprint density at radius 1 is 0.770 bits per heavy atom. The highest BCUT2D eigenvalue weighted by molar-refractivity contribution is 6.32. The highest BCUT2D eigenvalue weighted by Crippen LogP contribution is 2.43. The van der Waals surface area contributed by atoms with E-state index in [0.29, 0.717) is 10.6 Å². The number of carbonyl (C=O) groups excluding carboxylic acids is 5. The van der Waals surface area contributed by atoms with Crippen LogP contribution in [0.15, 0.2) is 60.7 Å². The van der Waals surface area contributed by atoms with Crippen LogP contribution in [-0.2, 0) is 14.3 Å². The molecule has 318 valence electrons. The molecule has 1 atom stereocenters. The molecule has 0 saturated carbocycles. The fourth-order valence-corrected chi connectivity index (χ4v) is 10.6. The van der Waals surface area contributed by atoms with Crippen LogP contribution in [0.2, 0.25) is 5.02 Å². The number of halogens is 1. The van der Waals surface area contributed by atoms with Gasteiger partial charge in [0.05, 0.1) is 27.3 Å². The highest BCUT2D eigenvalue weighted by atomic mass is 35.5. The molecule has 15 heteroatoms. The number of piperidine rings is 3. The van der Waals surface area contributed by atoms with Gasteiger partial charge in [-0.1, -0.05) is 11.6 Å². The molecule has 1 unspecified atom stereocenters. The number of hydrogen-bond donors (Lipinski definition) is 1. The van der Waals surface area contributed by atoms with E-state index in [4.69, 9.17) is 16.3 Å². The number of nitrogens with zero attached hydrogens (tertiary/aromatic N) is 7. The summed E-state index contributed by atoms with van der Waals surface area (Å²) in [7, 11) is 1.79. The van der Waals surface area contributed by atoms with E-state index in [9.17, 15) is 29.2 Å². The van der Waals surface area contributed by atoms with Crippen LogP contribution in [0.1, 0.15) is 81.6 Å². The number of hydrogen-bond acceptors (Lipinski definition) is 11. The van der Waals surface area contributed by atoms with Crippen molar-refractivity contribution < 1.29 is 28.7 Å². The minimum absolute atomic E-state index is 0.0832. The summed E-state index contributed by atoms with van der Waals surface area (Å²) in [5.41, 5.74) is 4.68. The summed E-state index contributed by atoms with van der Waals surface area (Å²) in [6, 6.07) is 20.2. The maximum absolute atomic E-state index is 13.6. The zero-order valence-electron chi connectivity index (χ0n) is 34.5. The maximum atomic E-state index is 13.6. The summed E-state index contributed by atoms with van der Waals surface area (Å²) in [5.74, 6) is -1.92. The summed E-state index contributed by atoms with van der Waals surface area (Å²) < 4.78 is 6.23. The molecular weight excluding hydrogens is 796 g/mol. The fraction of sp³-hybridized carbons (Fsp3) is 0.478. The van der Waals surface area contributed by atoms with Gasteiger partial charge in [0, 0.05) is 108 Å². The molecule has 3 aromatic rings. The maximum Gasteiger partial charge on any atom is 0.262 e. The number of likely N-dealkylation sites (tertiary alicyclic amines) is 1. The van der Waals surface area contributed by atoms with Crippen LogP contribution < -0.4 is 20.0 Å². The van der Waals surface area contributed by atoms with Gasteiger partial charge in [-0.05, 0) is 105 Å². The predicted octanol–water partition coefficient (Wildman–Crippen LogP) is 4.55. The van der Waals surface area contributed by atoms with Crippen LogP contribution in [-0.4, -0.2) is 135 Å². The Bertz CT molecular complexity index is 2290. The molecule has 5 fully saturated rings. The van der Waals surface area contributed by atoms with Gasteiger partial charge in [-0.15, -0.1) is 0 Å². The lowest BCUT2D eigenvalue weighted by Gasteiger charge is -2.46. The zero-order valence-corrected chi connectivity index (χ0v) is 35.3. The van der Waals surface area contributed by atoms with Crippen molar-refractivity contribution >= 4 is 58.2 Å². The summed E-state index contributed by atoms with van der Waals surface area (Å²) in [4.78, 5) is 76.8. The molecule has 0 radical (unpaired) electrons. The lowest BCUT2D eigenvalue weighted by molar-refractivity contribution is -0.136. The van der Waals surface area contributed by atoms with E-state index in [1.54, 1.807) is 25.3 Å². The van der Waals surface area contributed by atoms with Crippen molar-refractivity contribution in [1.82, 2.24) is 20.0 Å². The molecule has 14 nitrogen and oxygen atoms in total. The van der Waals surface area contributed by atoms with Gasteiger partial charge in [0.2, 0.25) is 11.8 Å². The molecule has 6 aliphatic rings. The smallest absolute Gasteiger partial charge is 0.262 e. The number of nitrogens with one attached hydrogen (secondary N) is 1. The zero-order chi connectivity index (χ0) is 42.5. The number of anilines is 3. The molecule has 6 heterocycles. The van der Waals surface area contributed by atoms with Crippen molar-refractivity contribution in [2.75, 3.05) is 93.8 Å². The SMILES string of the molecule is COC1(CN2CCN(c3ccc(C(=O)N4CCC5(CC4)CCN(c4ccc(C#N)c(Cl)c4)C5)cc3)CC2)CCN(c2ccc3c(c2)C(=O)N(C2CCC(=O)NC2=O)C3=O)CC1. The molecule has 5 saturated heterocycles. The van der Waals surface area contributed by atoms with Gasteiger partial charge < -0.3 is 24.3 Å². The lowest BCUT2D eigenvalue weighted by atomic mass is 9.77. The molecule has 0 bridgehead atoms. The standard InChI is InChI=1S/C46H51ClN8O6/c1-61-46(15-20-51(21-16-46)34-8-9-36-37(26-34)44(60)55(43(36)59)39-10-11-40(56)49-41(39)57)30-50-22-24-52(25-23-50)33-5-2-31(3-6-33)42(58)53-17-12-45(13-18-53)14-19-54(29-45)35-7-4-32(28-48)38(47)27-35/h2-9,26-27,39H,10-25,29-30H2,1H3,(H,49,56,57). The minimum Gasteiger partial charge on any atom is -0.377 e. The van der Waals surface area contributed by atoms with E-state index in [1.165, 1.54) is 0 Å². The first-order chi connectivity index (χ1) is 29.5. The van der Waals surface area contributed by atoms with Crippen molar-refractivity contribution in [3.8, 4) is 6.07 Å². The van der Waals surface area contributed by atoms with Gasteiger partial charge in [-0.3, -0.25) is 39.1 Å². The molecule has 0 aromatic heterocycles. The number of piperazine rings is 1. The molecule has 0 aliphatic carbocycles. The van der Waals surface area contributed by atoms with Crippen molar-refractivity contribution in [3.63, 3.8) is 0 Å². The van der Waals surface area contributed by atoms with Gasteiger partial charge in [0.1, 0.15) is 12.1 Å². The van der Waals surface area contributed by atoms with Gasteiger partial charge in [0.25, 0.3) is 17.7 Å². The highest BCUT2D eigenvalue weighted by Gasteiger charge is 2.46. The third kappa shape index (κ3) is 7.83. The first-order valence-corrected chi connectivity index (χ1v) is 21.8. The van der Waals surface area contributed by atoms with Gasteiger partial charge in [0.15, 0.2) is 0 Å². The van der Waals surface area contributed by atoms with Crippen LogP contribution in [0.5, 0.6) is 0 Å². The van der Waals surface area contributed by atoms with Crippen LogP contribution in [0.4, 0.5) is 17.1 Å². The topological polar surface area (TPSA) is 150 Å². The molecule has 9 rings (SSSR count). The van der Waals surface area contributed by atoms with Crippen LogP contribution in [0.25, 0.3) is 0 Å². The Balaban J connectivity index is 0.737. The molecule has 5 amide bonds. The number of rotatable bonds is 8. The molecule has 3 aromatic carbocycles. The van der Waals surface area contributed by atoms with Gasteiger partial charge in [-0.2, -0.15) is 5.26 Å². The normalized spacial score (nSPS) is 22.8. The Morgan fingerprint density at radius 2 is 1.39 bits per heavy atom. The van der Waals surface area contributed by atoms with Crippen LogP contribution in [0, 0.1) is 16.7 Å². The van der Waals surface area contributed by atoms with Crippen LogP contribution in [0.3, 0.4) is 0 Å². The van der Waals surface area contributed by atoms with Crippen LogP contribution >= 0.6 is 11.6 Å². The number of fused-ring (bicyclic) bond motifs is 1. The second-order valence-electron chi connectivity index (χ2n) is 17.6. The molecule has 61 heavy (non-hydrogen) atoms. The molecule has 1 spiro atoms. The number of nitriles is 1. The molecule has 6 aliphatic heterocycles. The summed E-state index contributed by atoms with van der Waals surface area (Å²) in [6.07, 6.45) is 4.84. The second kappa shape index (κ2) is 16.4. The van der Waals surface area contributed by atoms with E-state index in [0.717, 1.165) is 132 Å². The Hall–Kier alpha value is -5.49. The second-order valence-corrected chi connectivity index (χ2v) is 18.0. The number of ether oxygens (including phenoxy) is 1. The van der Waals surface area contributed by atoms with E-state index in [2.05, 4.69) is 43.1 Å². The van der Waals surface area contributed by atoms with E-state index >= 15 is 0 Å². The Morgan fingerprint density at radius 3 is 2.07 bits per heavy atom. The number of imide groups is 2. The van der Waals surface area contributed by atoms with Crippen molar-refractivity contribution in [1.29, 1.82) is 5.26 Å². The average molecular weight is 847 g/mol. The summed E-state index contributed by atoms with van der Waals surface area (Å²) >= 11 is 6.33. The predicted molar refractivity (Wildman–Crippen MR) is 230 cm³/mol. The fourth-order valence-electron chi connectivity index (χ4n) is 10.4. The molecule has 1 N–H and O–H groups in total. The van der Waals surface area contributed by atoms with Gasteiger partial charge >= 0.3 is 0 Å². The van der Waals surface area contributed by atoms with E-state index in [-0.39, 0.29) is 40.9 Å². The third-order valence-electron chi connectivity index (χ3n) is 14.2. The first-order valence-electron chi connectivity index (χ1n) is 21.4. The first kappa shape index (κ1) is 40.9. The van der Waals surface area contributed by atoms with Crippen molar-refractivity contribution in [3.05, 3.63) is 87.9 Å². The van der Waals surface area contributed by atoms with E-state index in [1.807, 2.05) is 35.2 Å². The van der Waals surface area contributed by atoms with Crippen molar-refractivity contribution in [2.45, 2.75) is 56.6 Å². The number of methoxy groups -OCH3 is 1. The average Bonchev–Trinajstić information content (AvgIpc) is 3.81. The quantitative estimate of drug-likeness (QED) is 0.319. The summed E-state index contributed by atoms with van der Waals surface area (Å²) in [5, 5.41) is 12.0. The largest absolute Gasteiger partial charge is 0.377 e. The molecular formula is C46H51ClN8O6. The number of benzene rings is 3. The number of carbonyl (C=O) groups is 5.